The number of hydrogen-bond donors (Lipinski definition) is 2. The minimum absolute atomic E-state index is 0.405. The number of carbonyl (C=O) groups is 1. The van der Waals surface area contributed by atoms with E-state index in [1.165, 1.54) is 38.5 Å². The first-order valence-corrected chi connectivity index (χ1v) is 8.21. The van der Waals surface area contributed by atoms with Gasteiger partial charge in [-0.1, -0.05) is 43.9 Å². The molecule has 0 unspecified atom stereocenters. The van der Waals surface area contributed by atoms with Crippen LogP contribution in [0.3, 0.4) is 0 Å². The zero-order valence-corrected chi connectivity index (χ0v) is 13.1. The maximum absolute atomic E-state index is 11.7. The number of aryl methyl sites for hydroxylation is 1. The van der Waals surface area contributed by atoms with E-state index < -0.39 is 5.97 Å². The highest BCUT2D eigenvalue weighted by atomic mass is 16.4. The summed E-state index contributed by atoms with van der Waals surface area (Å²) >= 11 is 0. The van der Waals surface area contributed by atoms with Crippen molar-refractivity contribution in [3.8, 4) is 0 Å². The second-order valence-electron chi connectivity index (χ2n) is 6.28. The third kappa shape index (κ3) is 2.88. The third-order valence-electron chi connectivity index (χ3n) is 4.84. The summed E-state index contributed by atoms with van der Waals surface area (Å²) in [6.45, 7) is 0.633. The van der Waals surface area contributed by atoms with E-state index in [0.717, 1.165) is 16.5 Å². The lowest BCUT2D eigenvalue weighted by atomic mass is 10.1. The predicted molar refractivity (Wildman–Crippen MR) is 88.2 cm³/mol. The van der Waals surface area contributed by atoms with Gasteiger partial charge in [-0.05, 0) is 18.9 Å². The molecule has 0 amide bonds. The van der Waals surface area contributed by atoms with Crippen molar-refractivity contribution in [3.63, 3.8) is 0 Å². The van der Waals surface area contributed by atoms with Gasteiger partial charge in [-0.3, -0.25) is 0 Å². The van der Waals surface area contributed by atoms with Crippen molar-refractivity contribution < 1.29 is 9.90 Å². The maximum Gasteiger partial charge on any atom is 0.352 e. The highest BCUT2D eigenvalue weighted by molar-refractivity contribution is 5.98. The third-order valence-corrected chi connectivity index (χ3v) is 4.84. The topological polar surface area (TPSA) is 54.3 Å². The molecule has 1 fully saturated rings. The Balaban J connectivity index is 1.88. The Bertz CT molecular complexity index is 667. The monoisotopic (exact) mass is 300 g/mol. The van der Waals surface area contributed by atoms with Crippen molar-refractivity contribution >= 4 is 16.9 Å². The Morgan fingerprint density at radius 1 is 1.23 bits per heavy atom. The Kier molecular flexibility index (Phi) is 4.48. The molecule has 0 spiro atoms. The van der Waals surface area contributed by atoms with E-state index >= 15 is 0 Å². The van der Waals surface area contributed by atoms with Crippen molar-refractivity contribution in [1.82, 2.24) is 9.88 Å². The van der Waals surface area contributed by atoms with Gasteiger partial charge in [0.1, 0.15) is 5.69 Å². The molecule has 0 radical (unpaired) electrons. The van der Waals surface area contributed by atoms with Gasteiger partial charge in [0.25, 0.3) is 0 Å². The molecule has 1 aromatic heterocycles. The normalized spacial score (nSPS) is 16.8. The summed E-state index contributed by atoms with van der Waals surface area (Å²) < 4.78 is 1.79. The SMILES string of the molecule is Cn1c(C(=O)O)c(CNC2CCCCCC2)c2ccccc21. The molecular formula is C18H24N2O2. The zero-order chi connectivity index (χ0) is 15.5. The largest absolute Gasteiger partial charge is 0.477 e. The van der Waals surface area contributed by atoms with E-state index in [4.69, 9.17) is 0 Å². The van der Waals surface area contributed by atoms with Gasteiger partial charge in [0.05, 0.1) is 0 Å². The number of carboxylic acid groups (broad SMARTS) is 1. The fourth-order valence-electron chi connectivity index (χ4n) is 3.65. The Morgan fingerprint density at radius 2 is 1.91 bits per heavy atom. The van der Waals surface area contributed by atoms with Crippen molar-refractivity contribution in [2.75, 3.05) is 0 Å². The van der Waals surface area contributed by atoms with Gasteiger partial charge in [0.2, 0.25) is 0 Å². The Hall–Kier alpha value is -1.81. The number of aromatic carboxylic acids is 1. The summed E-state index contributed by atoms with van der Waals surface area (Å²) in [6, 6.07) is 8.45. The van der Waals surface area contributed by atoms with Crippen molar-refractivity contribution in [1.29, 1.82) is 0 Å². The van der Waals surface area contributed by atoms with Crippen LogP contribution in [0.4, 0.5) is 0 Å². The molecular weight excluding hydrogens is 276 g/mol. The van der Waals surface area contributed by atoms with Gasteiger partial charge >= 0.3 is 5.97 Å². The van der Waals surface area contributed by atoms with Crippen LogP contribution in [0.5, 0.6) is 0 Å². The maximum atomic E-state index is 11.7. The van der Waals surface area contributed by atoms with Gasteiger partial charge < -0.3 is 15.0 Å². The number of nitrogens with one attached hydrogen (secondary N) is 1. The molecule has 118 valence electrons. The minimum atomic E-state index is -0.851. The molecule has 1 saturated carbocycles. The van der Waals surface area contributed by atoms with Crippen LogP contribution in [-0.4, -0.2) is 21.7 Å². The standard InChI is InChI=1S/C18H24N2O2/c1-20-16-11-7-6-10-14(16)15(17(20)18(21)22)12-19-13-8-4-2-3-5-9-13/h6-7,10-11,13,19H,2-5,8-9,12H2,1H3,(H,21,22). The smallest absolute Gasteiger partial charge is 0.352 e. The molecule has 0 aliphatic heterocycles. The number of benzene rings is 1. The molecule has 1 heterocycles. The van der Waals surface area contributed by atoms with Gasteiger partial charge in [0.15, 0.2) is 0 Å². The fourth-order valence-corrected chi connectivity index (χ4v) is 3.65. The molecule has 4 nitrogen and oxygen atoms in total. The highest BCUT2D eigenvalue weighted by Crippen LogP contribution is 2.26. The molecule has 2 N–H and O–H groups in total. The molecule has 4 heteroatoms. The lowest BCUT2D eigenvalue weighted by Crippen LogP contribution is -2.28. The van der Waals surface area contributed by atoms with E-state index in [9.17, 15) is 9.90 Å². The van der Waals surface area contributed by atoms with Crippen LogP contribution in [0.15, 0.2) is 24.3 Å². The first-order chi connectivity index (χ1) is 10.7. The second-order valence-corrected chi connectivity index (χ2v) is 6.28. The van der Waals surface area contributed by atoms with E-state index in [0.29, 0.717) is 18.3 Å². The molecule has 3 rings (SSSR count). The van der Waals surface area contributed by atoms with Crippen LogP contribution < -0.4 is 5.32 Å². The van der Waals surface area contributed by atoms with Crippen LogP contribution in [0.25, 0.3) is 10.9 Å². The number of nitrogens with zero attached hydrogens (tertiary/aromatic N) is 1. The number of carboxylic acids is 1. The van der Waals surface area contributed by atoms with Gasteiger partial charge in [-0.25, -0.2) is 4.79 Å². The molecule has 2 aromatic rings. The average molecular weight is 300 g/mol. The first-order valence-electron chi connectivity index (χ1n) is 8.21. The summed E-state index contributed by atoms with van der Waals surface area (Å²) in [6.07, 6.45) is 7.61. The number of fused-ring (bicyclic) bond motifs is 1. The van der Waals surface area contributed by atoms with Crippen LogP contribution >= 0.6 is 0 Å². The molecule has 1 aliphatic carbocycles. The summed E-state index contributed by atoms with van der Waals surface area (Å²) in [5, 5.41) is 14.2. The lowest BCUT2D eigenvalue weighted by Gasteiger charge is -2.16. The predicted octanol–water partition coefficient (Wildman–Crippen LogP) is 3.69. The second kappa shape index (κ2) is 6.53. The molecule has 0 saturated heterocycles. The van der Waals surface area contributed by atoms with Gasteiger partial charge in [-0.15, -0.1) is 0 Å². The van der Waals surface area contributed by atoms with Gasteiger partial charge in [-0.2, -0.15) is 0 Å². The molecule has 22 heavy (non-hydrogen) atoms. The van der Waals surface area contributed by atoms with E-state index in [1.807, 2.05) is 31.3 Å². The number of rotatable bonds is 4. The van der Waals surface area contributed by atoms with Crippen LogP contribution in [0, 0.1) is 0 Å². The Labute approximate surface area is 131 Å². The average Bonchev–Trinajstić information content (AvgIpc) is 2.68. The zero-order valence-electron chi connectivity index (χ0n) is 13.1. The Morgan fingerprint density at radius 3 is 2.59 bits per heavy atom. The quantitative estimate of drug-likeness (QED) is 0.847. The van der Waals surface area contributed by atoms with Crippen LogP contribution in [0.1, 0.15) is 54.6 Å². The van der Waals surface area contributed by atoms with E-state index in [1.54, 1.807) is 4.57 Å². The van der Waals surface area contributed by atoms with E-state index in [-0.39, 0.29) is 0 Å². The number of hydrogen-bond acceptors (Lipinski definition) is 2. The van der Waals surface area contributed by atoms with Crippen molar-refractivity contribution in [3.05, 3.63) is 35.5 Å². The van der Waals surface area contributed by atoms with Crippen molar-refractivity contribution in [2.45, 2.75) is 51.1 Å². The summed E-state index contributed by atoms with van der Waals surface area (Å²) in [7, 11) is 1.83. The van der Waals surface area contributed by atoms with E-state index in [2.05, 4.69) is 5.32 Å². The lowest BCUT2D eigenvalue weighted by molar-refractivity contribution is 0.0685. The van der Waals surface area contributed by atoms with Crippen molar-refractivity contribution in [2.24, 2.45) is 7.05 Å². The molecule has 0 atom stereocenters. The fraction of sp³-hybridized carbons (Fsp3) is 0.500. The summed E-state index contributed by atoms with van der Waals surface area (Å²) in [5.41, 5.74) is 2.30. The minimum Gasteiger partial charge on any atom is -0.477 e. The number of para-hydroxylation sites is 1. The summed E-state index contributed by atoms with van der Waals surface area (Å²) in [5.74, 6) is -0.851. The van der Waals surface area contributed by atoms with Gasteiger partial charge in [0, 0.05) is 36.1 Å². The van der Waals surface area contributed by atoms with Crippen LogP contribution in [-0.2, 0) is 13.6 Å². The summed E-state index contributed by atoms with van der Waals surface area (Å²) in [4.78, 5) is 11.7. The molecule has 0 bridgehead atoms. The highest BCUT2D eigenvalue weighted by Gasteiger charge is 2.21. The first kappa shape index (κ1) is 15.1. The molecule has 1 aliphatic rings. The molecule has 1 aromatic carbocycles. The number of aromatic nitrogens is 1. The van der Waals surface area contributed by atoms with Crippen LogP contribution in [0.2, 0.25) is 0 Å².